The van der Waals surface area contributed by atoms with E-state index in [4.69, 9.17) is 16.3 Å². The van der Waals surface area contributed by atoms with Crippen molar-refractivity contribution < 1.29 is 14.5 Å². The molecule has 1 aromatic heterocycles. The lowest BCUT2D eigenvalue weighted by atomic mass is 10.1. The number of hydrogen-bond acceptors (Lipinski definition) is 6. The number of nitrogens with one attached hydrogen (secondary N) is 1. The highest BCUT2D eigenvalue weighted by Crippen LogP contribution is 2.30. The maximum atomic E-state index is 12.2. The van der Waals surface area contributed by atoms with Gasteiger partial charge in [0.05, 0.1) is 17.1 Å². The molecule has 1 heterocycles. The molecule has 9 heteroatoms. The van der Waals surface area contributed by atoms with Crippen LogP contribution in [0.5, 0.6) is 0 Å². The average Bonchev–Trinajstić information content (AvgIpc) is 3.06. The van der Waals surface area contributed by atoms with Gasteiger partial charge in [0.1, 0.15) is 22.6 Å². The summed E-state index contributed by atoms with van der Waals surface area (Å²) in [6, 6.07) is 15.3. The Morgan fingerprint density at radius 2 is 2.00 bits per heavy atom. The summed E-state index contributed by atoms with van der Waals surface area (Å²) in [5, 5.41) is 24.2. The molecule has 158 valence electrons. The second-order valence-electron chi connectivity index (χ2n) is 6.65. The fourth-order valence-corrected chi connectivity index (χ4v) is 3.40. The van der Waals surface area contributed by atoms with Crippen LogP contribution in [0, 0.1) is 28.4 Å². The van der Waals surface area contributed by atoms with Crippen LogP contribution in [0.1, 0.15) is 34.1 Å². The predicted octanol–water partition coefficient (Wildman–Crippen LogP) is 5.01. The number of anilines is 1. The lowest BCUT2D eigenvalue weighted by Gasteiger charge is -2.13. The van der Waals surface area contributed by atoms with Crippen molar-refractivity contribution >= 4 is 28.9 Å². The standard InChI is InChI=1S/C22H19ClN4O4/c1-3-31-22(28)18-5-4-6-19(27(29)30)20(18)25-13-15-7-9-16(10-8-15)26-17(12-24)11-14(2)21(26)23/h4-11,25H,3,13H2,1-2H3. The monoisotopic (exact) mass is 438 g/mol. The number of nitro groups is 1. The van der Waals surface area contributed by atoms with Gasteiger partial charge in [0.25, 0.3) is 5.69 Å². The van der Waals surface area contributed by atoms with Crippen LogP contribution in [0.25, 0.3) is 5.69 Å². The molecule has 31 heavy (non-hydrogen) atoms. The largest absolute Gasteiger partial charge is 0.462 e. The van der Waals surface area contributed by atoms with E-state index in [-0.39, 0.29) is 30.1 Å². The van der Waals surface area contributed by atoms with E-state index in [0.29, 0.717) is 10.8 Å². The Balaban J connectivity index is 1.87. The summed E-state index contributed by atoms with van der Waals surface area (Å²) in [7, 11) is 0. The molecule has 3 rings (SSSR count). The lowest BCUT2D eigenvalue weighted by molar-refractivity contribution is -0.384. The second-order valence-corrected chi connectivity index (χ2v) is 7.01. The molecule has 1 N–H and O–H groups in total. The van der Waals surface area contributed by atoms with Gasteiger partial charge >= 0.3 is 5.97 Å². The summed E-state index contributed by atoms with van der Waals surface area (Å²) in [5.74, 6) is -0.634. The highest BCUT2D eigenvalue weighted by atomic mass is 35.5. The van der Waals surface area contributed by atoms with Crippen LogP contribution >= 0.6 is 11.6 Å². The van der Waals surface area contributed by atoms with Crippen molar-refractivity contribution in [2.45, 2.75) is 20.4 Å². The van der Waals surface area contributed by atoms with Gasteiger partial charge in [-0.05, 0) is 49.2 Å². The SMILES string of the molecule is CCOC(=O)c1cccc([N+](=O)[O-])c1NCc1ccc(-n2c(C#N)cc(C)c2Cl)cc1. The third-order valence-electron chi connectivity index (χ3n) is 4.63. The Kier molecular flexibility index (Phi) is 6.58. The molecule has 0 bridgehead atoms. The molecular formula is C22H19ClN4O4. The van der Waals surface area contributed by atoms with Crippen LogP contribution in [-0.2, 0) is 11.3 Å². The van der Waals surface area contributed by atoms with Crippen molar-refractivity contribution in [1.29, 1.82) is 5.26 Å². The van der Waals surface area contributed by atoms with E-state index in [0.717, 1.165) is 16.8 Å². The molecule has 8 nitrogen and oxygen atoms in total. The lowest BCUT2D eigenvalue weighted by Crippen LogP contribution is -2.11. The van der Waals surface area contributed by atoms with Crippen molar-refractivity contribution in [3.05, 3.63) is 86.2 Å². The number of para-hydroxylation sites is 1. The number of rotatable bonds is 7. The minimum atomic E-state index is -0.634. The zero-order valence-electron chi connectivity index (χ0n) is 16.9. The smallest absolute Gasteiger partial charge is 0.340 e. The van der Waals surface area contributed by atoms with E-state index in [2.05, 4.69) is 11.4 Å². The third kappa shape index (κ3) is 4.52. The van der Waals surface area contributed by atoms with E-state index in [1.807, 2.05) is 19.1 Å². The molecule has 0 aliphatic heterocycles. The van der Waals surface area contributed by atoms with Gasteiger partial charge in [-0.2, -0.15) is 5.26 Å². The van der Waals surface area contributed by atoms with Gasteiger partial charge in [-0.25, -0.2) is 4.79 Å². The molecule has 0 aliphatic carbocycles. The fraction of sp³-hybridized carbons (Fsp3) is 0.182. The Morgan fingerprint density at radius 1 is 1.29 bits per heavy atom. The number of halogens is 1. The minimum absolute atomic E-state index is 0.0981. The number of hydrogen-bond donors (Lipinski definition) is 1. The van der Waals surface area contributed by atoms with Crippen LogP contribution < -0.4 is 5.32 Å². The number of nitrogens with zero attached hydrogens (tertiary/aromatic N) is 3. The van der Waals surface area contributed by atoms with Crippen LogP contribution in [0.2, 0.25) is 5.15 Å². The average molecular weight is 439 g/mol. The predicted molar refractivity (Wildman–Crippen MR) is 117 cm³/mol. The summed E-state index contributed by atoms with van der Waals surface area (Å²) in [4.78, 5) is 23.1. The van der Waals surface area contributed by atoms with Crippen LogP contribution in [0.4, 0.5) is 11.4 Å². The first-order valence-electron chi connectivity index (χ1n) is 9.43. The number of nitriles is 1. The Labute approximate surface area is 183 Å². The van der Waals surface area contributed by atoms with Gasteiger partial charge in [-0.1, -0.05) is 29.8 Å². The minimum Gasteiger partial charge on any atom is -0.462 e. The molecule has 3 aromatic rings. The van der Waals surface area contributed by atoms with Gasteiger partial charge < -0.3 is 10.1 Å². The molecule has 0 fully saturated rings. The molecule has 2 aromatic carbocycles. The van der Waals surface area contributed by atoms with E-state index < -0.39 is 10.9 Å². The number of carbonyl (C=O) groups excluding carboxylic acids is 1. The van der Waals surface area contributed by atoms with Crippen molar-refractivity contribution in [3.63, 3.8) is 0 Å². The van der Waals surface area contributed by atoms with Gasteiger partial charge in [0, 0.05) is 18.3 Å². The van der Waals surface area contributed by atoms with Gasteiger partial charge in [-0.15, -0.1) is 0 Å². The number of benzene rings is 2. The molecule has 0 atom stereocenters. The third-order valence-corrected chi connectivity index (χ3v) is 5.10. The number of ether oxygens (including phenoxy) is 1. The van der Waals surface area contributed by atoms with Gasteiger partial charge in [-0.3, -0.25) is 14.7 Å². The van der Waals surface area contributed by atoms with Gasteiger partial charge in [0.15, 0.2) is 0 Å². The van der Waals surface area contributed by atoms with Gasteiger partial charge in [0.2, 0.25) is 0 Å². The van der Waals surface area contributed by atoms with E-state index in [1.54, 1.807) is 29.7 Å². The number of nitro benzene ring substituents is 1. The maximum absolute atomic E-state index is 12.2. The van der Waals surface area contributed by atoms with E-state index >= 15 is 0 Å². The molecule has 0 amide bonds. The molecule has 0 radical (unpaired) electrons. The molecule has 0 saturated heterocycles. The molecule has 0 spiro atoms. The molecular weight excluding hydrogens is 420 g/mol. The molecule has 0 unspecified atom stereocenters. The highest BCUT2D eigenvalue weighted by Gasteiger charge is 2.22. The van der Waals surface area contributed by atoms with E-state index in [1.165, 1.54) is 18.2 Å². The van der Waals surface area contributed by atoms with Crippen molar-refractivity contribution in [1.82, 2.24) is 4.57 Å². The summed E-state index contributed by atoms with van der Waals surface area (Å²) < 4.78 is 6.66. The zero-order valence-corrected chi connectivity index (χ0v) is 17.6. The first kappa shape index (κ1) is 21.9. The second kappa shape index (κ2) is 9.32. The van der Waals surface area contributed by atoms with Crippen molar-refractivity contribution in [2.75, 3.05) is 11.9 Å². The zero-order chi connectivity index (χ0) is 22.5. The Morgan fingerprint density at radius 3 is 2.61 bits per heavy atom. The number of carbonyl (C=O) groups is 1. The van der Waals surface area contributed by atoms with Crippen molar-refractivity contribution in [2.24, 2.45) is 0 Å². The highest BCUT2D eigenvalue weighted by molar-refractivity contribution is 6.30. The first-order chi connectivity index (χ1) is 14.9. The first-order valence-corrected chi connectivity index (χ1v) is 9.80. The molecule has 0 aliphatic rings. The van der Waals surface area contributed by atoms with Crippen LogP contribution in [0.15, 0.2) is 48.5 Å². The van der Waals surface area contributed by atoms with Crippen LogP contribution in [0.3, 0.4) is 0 Å². The Bertz CT molecular complexity index is 1180. The summed E-state index contributed by atoms with van der Waals surface area (Å²) in [6.45, 7) is 3.89. The normalized spacial score (nSPS) is 10.4. The Hall–Kier alpha value is -3.83. The maximum Gasteiger partial charge on any atom is 0.340 e. The van der Waals surface area contributed by atoms with Crippen molar-refractivity contribution in [3.8, 4) is 11.8 Å². The summed E-state index contributed by atoms with van der Waals surface area (Å²) >= 11 is 6.32. The van der Waals surface area contributed by atoms with E-state index in [9.17, 15) is 20.2 Å². The quantitative estimate of drug-likeness (QED) is 0.315. The summed E-state index contributed by atoms with van der Waals surface area (Å²) in [5.41, 5.74) is 2.74. The fourth-order valence-electron chi connectivity index (χ4n) is 3.16. The van der Waals surface area contributed by atoms with Crippen LogP contribution in [-0.4, -0.2) is 22.1 Å². The summed E-state index contributed by atoms with van der Waals surface area (Å²) in [6.07, 6.45) is 0. The number of aromatic nitrogens is 1. The number of esters is 1. The number of aryl methyl sites for hydroxylation is 1. The molecule has 0 saturated carbocycles. The topological polar surface area (TPSA) is 110 Å².